The molecule has 13 heteroatoms. The highest BCUT2D eigenvalue weighted by atomic mass is 32.2. The lowest BCUT2D eigenvalue weighted by molar-refractivity contribution is 0.0600. The zero-order valence-electron chi connectivity index (χ0n) is 27.3. The van der Waals surface area contributed by atoms with Gasteiger partial charge < -0.3 is 25.6 Å². The van der Waals surface area contributed by atoms with Crippen molar-refractivity contribution in [1.82, 2.24) is 4.31 Å². The van der Waals surface area contributed by atoms with Crippen molar-refractivity contribution in [3.63, 3.8) is 0 Å². The van der Waals surface area contributed by atoms with Crippen LogP contribution in [-0.2, 0) is 40.4 Å². The molecule has 1 aliphatic rings. The number of amides is 2. The quantitative estimate of drug-likeness (QED) is 0.146. The van der Waals surface area contributed by atoms with Crippen LogP contribution in [0.1, 0.15) is 65.5 Å². The van der Waals surface area contributed by atoms with Gasteiger partial charge in [0, 0.05) is 29.7 Å². The van der Waals surface area contributed by atoms with Gasteiger partial charge in [-0.3, -0.25) is 9.59 Å². The van der Waals surface area contributed by atoms with E-state index < -0.39 is 28.6 Å². The lowest BCUT2D eigenvalue weighted by Crippen LogP contribution is -2.36. The van der Waals surface area contributed by atoms with Crippen molar-refractivity contribution in [2.75, 3.05) is 37.9 Å². The Balaban J connectivity index is 1.28. The molecule has 0 aliphatic heterocycles. The SMILES string of the molecule is COC(=O)c1ccc(CCc2ccc(NC(=O)c3c(NC(=O)c4cccc(S(=O)(=O)N(C)CC(O)CO)c4)sc4c3CCCC4)cc2)cc1. The average molecular weight is 706 g/mol. The first kappa shape index (κ1) is 35.9. The summed E-state index contributed by atoms with van der Waals surface area (Å²) in [7, 11) is -1.42. The van der Waals surface area contributed by atoms with Gasteiger partial charge in [0.25, 0.3) is 11.8 Å². The van der Waals surface area contributed by atoms with E-state index in [4.69, 9.17) is 9.84 Å². The van der Waals surface area contributed by atoms with Gasteiger partial charge in [0.2, 0.25) is 10.0 Å². The van der Waals surface area contributed by atoms with Gasteiger partial charge in [-0.2, -0.15) is 4.31 Å². The van der Waals surface area contributed by atoms with Gasteiger partial charge in [-0.1, -0.05) is 30.3 Å². The predicted octanol–water partition coefficient (Wildman–Crippen LogP) is 4.68. The maximum absolute atomic E-state index is 13.7. The fourth-order valence-electron chi connectivity index (χ4n) is 5.66. The van der Waals surface area contributed by atoms with E-state index in [1.165, 1.54) is 49.8 Å². The van der Waals surface area contributed by atoms with Crippen LogP contribution in [0, 0.1) is 0 Å². The van der Waals surface area contributed by atoms with Crippen LogP contribution in [0.5, 0.6) is 0 Å². The van der Waals surface area contributed by atoms with E-state index >= 15 is 0 Å². The van der Waals surface area contributed by atoms with Crippen molar-refractivity contribution in [2.24, 2.45) is 0 Å². The fourth-order valence-corrected chi connectivity index (χ4v) is 8.20. The number of benzene rings is 3. The second kappa shape index (κ2) is 15.9. The van der Waals surface area contributed by atoms with Crippen LogP contribution in [0.15, 0.2) is 77.7 Å². The molecule has 0 saturated carbocycles. The van der Waals surface area contributed by atoms with Gasteiger partial charge in [-0.15, -0.1) is 11.3 Å². The molecule has 0 saturated heterocycles. The average Bonchev–Trinajstić information content (AvgIpc) is 3.49. The molecule has 1 heterocycles. The second-order valence-electron chi connectivity index (χ2n) is 11.9. The molecule has 3 aromatic carbocycles. The summed E-state index contributed by atoms with van der Waals surface area (Å²) in [6.07, 6.45) is 3.72. The number of nitrogens with zero attached hydrogens (tertiary/aromatic N) is 1. The predicted molar refractivity (Wildman–Crippen MR) is 188 cm³/mol. The van der Waals surface area contributed by atoms with E-state index in [-0.39, 0.29) is 28.9 Å². The lowest BCUT2D eigenvalue weighted by Gasteiger charge is -2.19. The molecule has 4 aromatic rings. The fraction of sp³-hybridized carbons (Fsp3) is 0.306. The minimum Gasteiger partial charge on any atom is -0.465 e. The number of ether oxygens (including phenoxy) is 1. The molecule has 0 spiro atoms. The number of rotatable bonds is 13. The normalized spacial score (nSPS) is 13.4. The number of esters is 1. The number of hydrogen-bond acceptors (Lipinski definition) is 9. The maximum atomic E-state index is 13.7. The number of fused-ring (bicyclic) bond motifs is 1. The number of hydrogen-bond donors (Lipinski definition) is 4. The monoisotopic (exact) mass is 705 g/mol. The largest absolute Gasteiger partial charge is 0.465 e. The van der Waals surface area contributed by atoms with Gasteiger partial charge in [0.1, 0.15) is 5.00 Å². The molecule has 0 radical (unpaired) electrons. The van der Waals surface area contributed by atoms with Crippen molar-refractivity contribution in [3.8, 4) is 0 Å². The number of carbonyl (C=O) groups is 3. The van der Waals surface area contributed by atoms with Crippen LogP contribution in [0.25, 0.3) is 0 Å². The Kier molecular flexibility index (Phi) is 11.6. The van der Waals surface area contributed by atoms with Crippen LogP contribution in [0.3, 0.4) is 0 Å². The minimum absolute atomic E-state index is 0.0879. The number of anilines is 2. The number of methoxy groups -OCH3 is 1. The highest BCUT2D eigenvalue weighted by Gasteiger charge is 2.28. The van der Waals surface area contributed by atoms with Crippen molar-refractivity contribution in [2.45, 2.75) is 49.5 Å². The van der Waals surface area contributed by atoms with Crippen LogP contribution in [0.4, 0.5) is 10.7 Å². The summed E-state index contributed by atoms with van der Waals surface area (Å²) in [6, 6.07) is 20.4. The van der Waals surface area contributed by atoms with Gasteiger partial charge >= 0.3 is 5.97 Å². The molecule has 11 nitrogen and oxygen atoms in total. The van der Waals surface area contributed by atoms with Gasteiger partial charge in [-0.25, -0.2) is 13.2 Å². The zero-order valence-corrected chi connectivity index (χ0v) is 28.9. The topological polar surface area (TPSA) is 162 Å². The third-order valence-electron chi connectivity index (χ3n) is 8.40. The zero-order chi connectivity index (χ0) is 35.1. The number of aryl methyl sites for hydroxylation is 3. The van der Waals surface area contributed by atoms with E-state index in [1.54, 1.807) is 12.1 Å². The maximum Gasteiger partial charge on any atom is 0.337 e. The Hall–Kier alpha value is -4.40. The molecule has 49 heavy (non-hydrogen) atoms. The van der Waals surface area contributed by atoms with Gasteiger partial charge in [-0.05, 0) is 97.7 Å². The lowest BCUT2D eigenvalue weighted by atomic mass is 9.95. The molecule has 0 bridgehead atoms. The van der Waals surface area contributed by atoms with E-state index in [9.17, 15) is 27.9 Å². The molecule has 5 rings (SSSR count). The summed E-state index contributed by atoms with van der Waals surface area (Å²) in [5.41, 5.74) is 4.69. The summed E-state index contributed by atoms with van der Waals surface area (Å²) < 4.78 is 31.8. The van der Waals surface area contributed by atoms with Crippen LogP contribution < -0.4 is 10.6 Å². The summed E-state index contributed by atoms with van der Waals surface area (Å²) >= 11 is 1.36. The van der Waals surface area contributed by atoms with Gasteiger partial charge in [0.05, 0.1) is 35.8 Å². The van der Waals surface area contributed by atoms with Crippen molar-refractivity contribution >= 4 is 49.8 Å². The Bertz CT molecular complexity index is 1920. The third kappa shape index (κ3) is 8.61. The number of carbonyl (C=O) groups excluding carboxylic acids is 3. The number of aliphatic hydroxyl groups excluding tert-OH is 2. The van der Waals surface area contributed by atoms with Gasteiger partial charge in [0.15, 0.2) is 0 Å². The molecule has 2 amide bonds. The number of thiophene rings is 1. The van der Waals surface area contributed by atoms with Crippen LogP contribution in [-0.4, -0.2) is 74.1 Å². The summed E-state index contributed by atoms with van der Waals surface area (Å²) in [4.78, 5) is 39.8. The van der Waals surface area contributed by atoms with E-state index in [1.807, 2.05) is 36.4 Å². The van der Waals surface area contributed by atoms with E-state index in [0.29, 0.717) is 28.2 Å². The first-order valence-corrected chi connectivity index (χ1v) is 18.1. The summed E-state index contributed by atoms with van der Waals surface area (Å²) in [5, 5.41) is 25.1. The number of aliphatic hydroxyl groups is 2. The second-order valence-corrected chi connectivity index (χ2v) is 15.0. The van der Waals surface area contributed by atoms with E-state index in [0.717, 1.165) is 58.0 Å². The molecule has 1 unspecified atom stereocenters. The number of sulfonamides is 1. The molecule has 1 atom stereocenters. The van der Waals surface area contributed by atoms with Crippen molar-refractivity contribution < 1.29 is 37.8 Å². The molecule has 4 N–H and O–H groups in total. The smallest absolute Gasteiger partial charge is 0.337 e. The Morgan fingerprint density at radius 2 is 1.55 bits per heavy atom. The Morgan fingerprint density at radius 1 is 0.898 bits per heavy atom. The first-order valence-electron chi connectivity index (χ1n) is 15.9. The van der Waals surface area contributed by atoms with Crippen LogP contribution >= 0.6 is 11.3 Å². The summed E-state index contributed by atoms with van der Waals surface area (Å²) in [5.74, 6) is -1.28. The highest BCUT2D eigenvalue weighted by Crippen LogP contribution is 2.39. The Morgan fingerprint density at radius 3 is 2.20 bits per heavy atom. The summed E-state index contributed by atoms with van der Waals surface area (Å²) in [6.45, 7) is -0.906. The highest BCUT2D eigenvalue weighted by molar-refractivity contribution is 7.89. The van der Waals surface area contributed by atoms with Crippen molar-refractivity contribution in [3.05, 3.63) is 111 Å². The van der Waals surface area contributed by atoms with Crippen LogP contribution in [0.2, 0.25) is 0 Å². The minimum atomic E-state index is -4.05. The van der Waals surface area contributed by atoms with E-state index in [2.05, 4.69) is 10.6 Å². The number of nitrogens with one attached hydrogen (secondary N) is 2. The molecule has 0 fully saturated rings. The third-order valence-corrected chi connectivity index (χ3v) is 11.4. The van der Waals surface area contributed by atoms with Crippen molar-refractivity contribution in [1.29, 1.82) is 0 Å². The number of likely N-dealkylation sites (N-methyl/N-ethyl adjacent to an activating group) is 1. The molecular weight excluding hydrogens is 667 g/mol. The molecule has 1 aliphatic carbocycles. The first-order chi connectivity index (χ1) is 23.5. The standard InChI is InChI=1S/C36H39N3O8S2/c1-39(21-28(41)22-40)49(45,46)29-7-5-6-26(20-29)33(42)38-35-32(30-8-3-4-9-31(30)48-35)34(43)37-27-18-14-24(15-19-27)11-10-23-12-16-25(17-13-23)36(44)47-2/h5-7,12-20,28,40-41H,3-4,8-11,21-22H2,1-2H3,(H,37,43)(H,38,42). The Labute approximate surface area is 289 Å². The molecule has 1 aromatic heterocycles. The molecule has 258 valence electrons. The molecular formula is C36H39N3O8S2.